The summed E-state index contributed by atoms with van der Waals surface area (Å²) in [6.07, 6.45) is 1.95. The summed E-state index contributed by atoms with van der Waals surface area (Å²) in [5.41, 5.74) is 7.64. The van der Waals surface area contributed by atoms with Gasteiger partial charge < -0.3 is 9.64 Å². The smallest absolute Gasteiger partial charge is 0.411 e. The number of nitrogens with zero attached hydrogens (tertiary/aromatic N) is 3. The monoisotopic (exact) mass is 511 g/mol. The van der Waals surface area contributed by atoms with E-state index in [-0.39, 0.29) is 30.7 Å². The van der Waals surface area contributed by atoms with Crippen LogP contribution >= 0.6 is 0 Å². The third kappa shape index (κ3) is 5.98. The van der Waals surface area contributed by atoms with Gasteiger partial charge >= 0.3 is 6.09 Å². The lowest BCUT2D eigenvalue weighted by atomic mass is 9.84. The second kappa shape index (κ2) is 11.6. The number of hydrogen-bond donors (Lipinski definition) is 2. The number of benzene rings is 2. The molecule has 2 aromatic carbocycles. The molecule has 0 aliphatic carbocycles. The molecule has 2 atom stereocenters. The van der Waals surface area contributed by atoms with Gasteiger partial charge in [0.05, 0.1) is 17.3 Å². The van der Waals surface area contributed by atoms with Gasteiger partial charge in [0.1, 0.15) is 11.7 Å². The molecule has 9 heteroatoms. The van der Waals surface area contributed by atoms with Gasteiger partial charge in [-0.2, -0.15) is 5.26 Å². The molecule has 9 nitrogen and oxygen atoms in total. The van der Waals surface area contributed by atoms with E-state index in [1.54, 1.807) is 17.0 Å². The SMILES string of the molecule is CC(=O)NNC(=O)CC[C@@]1(c2ccccc2)CCN([C@@H](C)c2ccc(-c3ccc(C#N)cn3)cc2)C(=O)O1. The Morgan fingerprint density at radius 3 is 2.45 bits per heavy atom. The van der Waals surface area contributed by atoms with E-state index in [1.165, 1.54) is 13.1 Å². The maximum atomic E-state index is 13.3. The molecule has 2 heterocycles. The molecule has 1 saturated heterocycles. The second-order valence-corrected chi connectivity index (χ2v) is 9.24. The first-order valence-electron chi connectivity index (χ1n) is 12.4. The van der Waals surface area contributed by atoms with Gasteiger partial charge in [-0.3, -0.25) is 25.4 Å². The molecule has 0 radical (unpaired) electrons. The molecule has 1 aliphatic heterocycles. The maximum absolute atomic E-state index is 13.3. The molecule has 3 amide bonds. The van der Waals surface area contributed by atoms with Crippen molar-refractivity contribution in [2.75, 3.05) is 6.54 Å². The van der Waals surface area contributed by atoms with Crippen LogP contribution in [0, 0.1) is 11.3 Å². The van der Waals surface area contributed by atoms with Crippen molar-refractivity contribution in [1.82, 2.24) is 20.7 Å². The number of hydrazine groups is 1. The number of carbonyl (C=O) groups excluding carboxylic acids is 3. The summed E-state index contributed by atoms with van der Waals surface area (Å²) in [7, 11) is 0. The van der Waals surface area contributed by atoms with Gasteiger partial charge in [0, 0.05) is 44.5 Å². The molecule has 1 aliphatic rings. The Bertz CT molecular complexity index is 1340. The molecular formula is C29H29N5O4. The Balaban J connectivity index is 1.47. The van der Waals surface area contributed by atoms with Gasteiger partial charge in [-0.05, 0) is 30.2 Å². The number of rotatable bonds is 7. The van der Waals surface area contributed by atoms with Crippen molar-refractivity contribution in [2.45, 2.75) is 44.8 Å². The standard InChI is InChI=1S/C29H29N5O4/c1-20(23-9-11-24(12-10-23)26-13-8-22(18-30)19-31-26)34-17-16-29(38-28(34)37,25-6-4-3-5-7-25)15-14-27(36)33-32-21(2)35/h3-13,19-20H,14-17H2,1-2H3,(H,32,35)(H,33,36)/t20-,29-/m0/s1. The van der Waals surface area contributed by atoms with Crippen LogP contribution in [0.5, 0.6) is 0 Å². The first-order valence-corrected chi connectivity index (χ1v) is 12.4. The van der Waals surface area contributed by atoms with Gasteiger partial charge in [-0.15, -0.1) is 0 Å². The minimum absolute atomic E-state index is 0.0723. The zero-order valence-corrected chi connectivity index (χ0v) is 21.3. The van der Waals surface area contributed by atoms with Crippen LogP contribution in [0.15, 0.2) is 72.9 Å². The number of ether oxygens (including phenoxy) is 1. The number of carbonyl (C=O) groups is 3. The molecule has 3 aromatic rings. The van der Waals surface area contributed by atoms with Crippen molar-refractivity contribution in [3.05, 3.63) is 89.6 Å². The number of hydrogen-bond acceptors (Lipinski definition) is 6. The fourth-order valence-electron chi connectivity index (χ4n) is 4.57. The Hall–Kier alpha value is -4.71. The van der Waals surface area contributed by atoms with Crippen LogP contribution in [0.4, 0.5) is 4.79 Å². The largest absolute Gasteiger partial charge is 0.438 e. The molecule has 0 unspecified atom stereocenters. The second-order valence-electron chi connectivity index (χ2n) is 9.24. The number of pyridine rings is 1. The first-order chi connectivity index (χ1) is 18.3. The van der Waals surface area contributed by atoms with Crippen LogP contribution in [-0.2, 0) is 19.9 Å². The van der Waals surface area contributed by atoms with Crippen LogP contribution in [0.1, 0.15) is 55.8 Å². The number of nitrogens with one attached hydrogen (secondary N) is 2. The lowest BCUT2D eigenvalue weighted by Crippen LogP contribution is -2.49. The number of aromatic nitrogens is 1. The van der Waals surface area contributed by atoms with E-state index in [4.69, 9.17) is 10.00 Å². The normalized spacial score (nSPS) is 17.6. The summed E-state index contributed by atoms with van der Waals surface area (Å²) in [5, 5.41) is 8.97. The van der Waals surface area contributed by atoms with Crippen LogP contribution in [0.2, 0.25) is 0 Å². The fraction of sp³-hybridized carbons (Fsp3) is 0.276. The lowest BCUT2D eigenvalue weighted by Gasteiger charge is -2.43. The van der Waals surface area contributed by atoms with Crippen LogP contribution in [0.3, 0.4) is 0 Å². The minimum atomic E-state index is -0.951. The topological polar surface area (TPSA) is 124 Å². The molecule has 2 N–H and O–H groups in total. The molecule has 38 heavy (non-hydrogen) atoms. The van der Waals surface area contributed by atoms with E-state index < -0.39 is 11.7 Å². The van der Waals surface area contributed by atoms with Gasteiger partial charge in [-0.25, -0.2) is 4.79 Å². The zero-order chi connectivity index (χ0) is 27.1. The summed E-state index contributed by atoms with van der Waals surface area (Å²) < 4.78 is 6.09. The van der Waals surface area contributed by atoms with Crippen LogP contribution < -0.4 is 10.9 Å². The van der Waals surface area contributed by atoms with Crippen molar-refractivity contribution in [3.63, 3.8) is 0 Å². The highest BCUT2D eigenvalue weighted by Crippen LogP contribution is 2.40. The third-order valence-corrected chi connectivity index (χ3v) is 6.76. The van der Waals surface area contributed by atoms with E-state index in [9.17, 15) is 14.4 Å². The van der Waals surface area contributed by atoms with Gasteiger partial charge in [0.25, 0.3) is 0 Å². The Labute approximate surface area is 221 Å². The van der Waals surface area contributed by atoms with E-state index >= 15 is 0 Å². The third-order valence-electron chi connectivity index (χ3n) is 6.76. The molecular weight excluding hydrogens is 482 g/mol. The van der Waals surface area contributed by atoms with Crippen molar-refractivity contribution in [2.24, 2.45) is 0 Å². The fourth-order valence-corrected chi connectivity index (χ4v) is 4.57. The van der Waals surface area contributed by atoms with Crippen molar-refractivity contribution in [3.8, 4) is 17.3 Å². The number of nitriles is 1. The van der Waals surface area contributed by atoms with Crippen molar-refractivity contribution in [1.29, 1.82) is 5.26 Å². The number of cyclic esters (lactones) is 1. The summed E-state index contributed by atoms with van der Waals surface area (Å²) in [6.45, 7) is 3.70. The summed E-state index contributed by atoms with van der Waals surface area (Å²) in [5.74, 6) is -0.731. The van der Waals surface area contributed by atoms with E-state index in [0.717, 1.165) is 22.4 Å². The summed E-state index contributed by atoms with van der Waals surface area (Å²) in [4.78, 5) is 42.7. The summed E-state index contributed by atoms with van der Waals surface area (Å²) in [6, 6.07) is 22.6. The average molecular weight is 512 g/mol. The molecule has 0 spiro atoms. The highest BCUT2D eigenvalue weighted by Gasteiger charge is 2.43. The average Bonchev–Trinajstić information content (AvgIpc) is 2.95. The van der Waals surface area contributed by atoms with Crippen molar-refractivity contribution < 1.29 is 19.1 Å². The van der Waals surface area contributed by atoms with Crippen LogP contribution in [-0.4, -0.2) is 34.3 Å². The zero-order valence-electron chi connectivity index (χ0n) is 21.3. The highest BCUT2D eigenvalue weighted by molar-refractivity contribution is 5.80. The molecule has 0 saturated carbocycles. The highest BCUT2D eigenvalue weighted by atomic mass is 16.6. The van der Waals surface area contributed by atoms with Crippen LogP contribution in [0.25, 0.3) is 11.3 Å². The first kappa shape index (κ1) is 26.4. The van der Waals surface area contributed by atoms with E-state index in [0.29, 0.717) is 18.5 Å². The van der Waals surface area contributed by atoms with E-state index in [2.05, 4.69) is 21.9 Å². The molecule has 194 valence electrons. The predicted molar refractivity (Wildman–Crippen MR) is 140 cm³/mol. The van der Waals surface area contributed by atoms with Crippen molar-refractivity contribution >= 4 is 17.9 Å². The quantitative estimate of drug-likeness (QED) is 0.454. The molecule has 1 fully saturated rings. The van der Waals surface area contributed by atoms with Gasteiger partial charge in [-0.1, -0.05) is 54.6 Å². The predicted octanol–water partition coefficient (Wildman–Crippen LogP) is 4.37. The minimum Gasteiger partial charge on any atom is -0.438 e. The van der Waals surface area contributed by atoms with E-state index in [1.807, 2.05) is 61.5 Å². The van der Waals surface area contributed by atoms with Gasteiger partial charge in [0.15, 0.2) is 0 Å². The lowest BCUT2D eigenvalue weighted by molar-refractivity contribution is -0.129. The molecule has 4 rings (SSSR count). The Kier molecular flexibility index (Phi) is 8.02. The van der Waals surface area contributed by atoms with Gasteiger partial charge in [0.2, 0.25) is 11.8 Å². The Morgan fingerprint density at radius 2 is 1.84 bits per heavy atom. The maximum Gasteiger partial charge on any atom is 0.411 e. The summed E-state index contributed by atoms with van der Waals surface area (Å²) >= 11 is 0. The Morgan fingerprint density at radius 1 is 1.11 bits per heavy atom. The molecule has 0 bridgehead atoms. The number of amides is 3. The molecule has 1 aromatic heterocycles.